The Hall–Kier alpha value is -0.890. The molecule has 1 aromatic carbocycles. The summed E-state index contributed by atoms with van der Waals surface area (Å²) in [6, 6.07) is 5.05. The van der Waals surface area contributed by atoms with Crippen molar-refractivity contribution in [1.82, 2.24) is 0 Å². The lowest BCUT2D eigenvalue weighted by Gasteiger charge is -2.23. The Balaban J connectivity index is 2.09. The smallest absolute Gasteiger partial charge is 0.179 e. The highest BCUT2D eigenvalue weighted by atomic mass is 35.5. The molecule has 0 radical (unpaired) electrons. The molecule has 0 aliphatic heterocycles. The zero-order valence-corrected chi connectivity index (χ0v) is 9.33. The van der Waals surface area contributed by atoms with Crippen molar-refractivity contribution in [1.29, 1.82) is 0 Å². The summed E-state index contributed by atoms with van der Waals surface area (Å²) < 4.78 is 5.73. The molecule has 1 N–H and O–H groups in total. The topological polar surface area (TPSA) is 29.5 Å². The third-order valence-corrected chi connectivity index (χ3v) is 3.08. The van der Waals surface area contributed by atoms with Crippen LogP contribution in [0.3, 0.4) is 0 Å². The van der Waals surface area contributed by atoms with Crippen LogP contribution in [0.15, 0.2) is 18.2 Å². The molecule has 2 nitrogen and oxygen atoms in total. The second-order valence-corrected chi connectivity index (χ2v) is 4.37. The Morgan fingerprint density at radius 3 is 2.60 bits per heavy atom. The van der Waals surface area contributed by atoms with Gasteiger partial charge in [0.15, 0.2) is 11.5 Å². The number of phenolic OH excluding ortho intramolecular Hbond substituents is 1. The van der Waals surface area contributed by atoms with Crippen LogP contribution in [0.5, 0.6) is 11.5 Å². The van der Waals surface area contributed by atoms with Crippen LogP contribution >= 0.6 is 11.6 Å². The maximum absolute atomic E-state index is 9.61. The van der Waals surface area contributed by atoms with Crippen molar-refractivity contribution in [2.75, 3.05) is 0 Å². The SMILES string of the molecule is Oc1cccc(Cl)c1OC1CCCCC1. The second kappa shape index (κ2) is 4.75. The van der Waals surface area contributed by atoms with E-state index in [-0.39, 0.29) is 11.9 Å². The predicted molar refractivity (Wildman–Crippen MR) is 60.6 cm³/mol. The van der Waals surface area contributed by atoms with E-state index in [4.69, 9.17) is 16.3 Å². The third kappa shape index (κ3) is 2.57. The molecule has 15 heavy (non-hydrogen) atoms. The lowest BCUT2D eigenvalue weighted by molar-refractivity contribution is 0.150. The molecule has 0 saturated heterocycles. The van der Waals surface area contributed by atoms with E-state index < -0.39 is 0 Å². The molecule has 0 heterocycles. The minimum absolute atomic E-state index is 0.132. The summed E-state index contributed by atoms with van der Waals surface area (Å²) in [5.74, 6) is 0.569. The van der Waals surface area contributed by atoms with Gasteiger partial charge in [0.2, 0.25) is 0 Å². The number of phenols is 1. The first kappa shape index (κ1) is 10.6. The van der Waals surface area contributed by atoms with E-state index in [1.807, 2.05) is 0 Å². The van der Waals surface area contributed by atoms with Gasteiger partial charge in [-0.2, -0.15) is 0 Å². The standard InChI is InChI=1S/C12H15ClO2/c13-10-7-4-8-11(14)12(10)15-9-5-2-1-3-6-9/h4,7-9,14H,1-3,5-6H2. The Kier molecular flexibility index (Phi) is 3.37. The van der Waals surface area contributed by atoms with E-state index in [1.165, 1.54) is 19.3 Å². The largest absolute Gasteiger partial charge is 0.504 e. The number of hydrogen-bond donors (Lipinski definition) is 1. The molecule has 0 atom stereocenters. The Morgan fingerprint density at radius 2 is 1.93 bits per heavy atom. The maximum atomic E-state index is 9.61. The molecule has 3 heteroatoms. The van der Waals surface area contributed by atoms with Gasteiger partial charge in [0.05, 0.1) is 11.1 Å². The average Bonchev–Trinajstić information content (AvgIpc) is 2.25. The highest BCUT2D eigenvalue weighted by Gasteiger charge is 2.17. The Labute approximate surface area is 94.8 Å². The van der Waals surface area contributed by atoms with E-state index in [1.54, 1.807) is 18.2 Å². The van der Waals surface area contributed by atoms with Crippen LogP contribution in [-0.2, 0) is 0 Å². The lowest BCUT2D eigenvalue weighted by atomic mass is 9.98. The average molecular weight is 227 g/mol. The molecular weight excluding hydrogens is 212 g/mol. The van der Waals surface area contributed by atoms with E-state index in [0.29, 0.717) is 10.8 Å². The Bertz CT molecular complexity index is 312. The molecular formula is C12H15ClO2. The molecule has 1 fully saturated rings. The number of para-hydroxylation sites is 1. The highest BCUT2D eigenvalue weighted by Crippen LogP contribution is 2.36. The number of aromatic hydroxyl groups is 1. The molecule has 0 unspecified atom stereocenters. The molecule has 0 spiro atoms. The van der Waals surface area contributed by atoms with Gasteiger partial charge < -0.3 is 9.84 Å². The lowest BCUT2D eigenvalue weighted by Crippen LogP contribution is -2.19. The minimum Gasteiger partial charge on any atom is -0.504 e. The van der Waals surface area contributed by atoms with Crippen molar-refractivity contribution in [2.45, 2.75) is 38.2 Å². The summed E-state index contributed by atoms with van der Waals surface area (Å²) in [6.07, 6.45) is 6.03. The molecule has 0 amide bonds. The van der Waals surface area contributed by atoms with Crippen LogP contribution in [0.25, 0.3) is 0 Å². The van der Waals surface area contributed by atoms with Gasteiger partial charge >= 0.3 is 0 Å². The maximum Gasteiger partial charge on any atom is 0.179 e. The molecule has 1 saturated carbocycles. The fourth-order valence-corrected chi connectivity index (χ4v) is 2.18. The van der Waals surface area contributed by atoms with Crippen molar-refractivity contribution in [3.63, 3.8) is 0 Å². The second-order valence-electron chi connectivity index (χ2n) is 3.97. The molecule has 0 bridgehead atoms. The van der Waals surface area contributed by atoms with Crippen molar-refractivity contribution in [2.24, 2.45) is 0 Å². The summed E-state index contributed by atoms with van der Waals surface area (Å²) in [5, 5.41) is 10.1. The monoisotopic (exact) mass is 226 g/mol. The summed E-state index contributed by atoms with van der Waals surface area (Å²) in [7, 11) is 0. The van der Waals surface area contributed by atoms with E-state index in [2.05, 4.69) is 0 Å². The van der Waals surface area contributed by atoms with Crippen LogP contribution in [0.2, 0.25) is 5.02 Å². The first-order valence-corrected chi connectivity index (χ1v) is 5.79. The molecule has 2 rings (SSSR count). The number of rotatable bonds is 2. The quantitative estimate of drug-likeness (QED) is 0.832. The molecule has 1 aliphatic rings. The molecule has 82 valence electrons. The van der Waals surface area contributed by atoms with Crippen molar-refractivity contribution < 1.29 is 9.84 Å². The van der Waals surface area contributed by atoms with Gasteiger partial charge in [0.1, 0.15) is 0 Å². The van der Waals surface area contributed by atoms with Crippen LogP contribution in [-0.4, -0.2) is 11.2 Å². The molecule has 0 aromatic heterocycles. The zero-order chi connectivity index (χ0) is 10.7. The third-order valence-electron chi connectivity index (χ3n) is 2.78. The van der Waals surface area contributed by atoms with Gasteiger partial charge in [-0.1, -0.05) is 24.1 Å². The van der Waals surface area contributed by atoms with Crippen molar-refractivity contribution in [3.05, 3.63) is 23.2 Å². The van der Waals surface area contributed by atoms with Crippen LogP contribution in [0.1, 0.15) is 32.1 Å². The summed E-state index contributed by atoms with van der Waals surface area (Å²) >= 11 is 5.96. The van der Waals surface area contributed by atoms with Gasteiger partial charge in [-0.25, -0.2) is 0 Å². The van der Waals surface area contributed by atoms with Gasteiger partial charge in [0.25, 0.3) is 0 Å². The fourth-order valence-electron chi connectivity index (χ4n) is 1.96. The van der Waals surface area contributed by atoms with Crippen LogP contribution < -0.4 is 4.74 Å². The molecule has 1 aromatic rings. The number of hydrogen-bond acceptors (Lipinski definition) is 2. The van der Waals surface area contributed by atoms with E-state index in [9.17, 15) is 5.11 Å². The summed E-state index contributed by atoms with van der Waals surface area (Å²) in [4.78, 5) is 0. The molecule has 1 aliphatic carbocycles. The van der Waals surface area contributed by atoms with Gasteiger partial charge in [0, 0.05) is 0 Å². The summed E-state index contributed by atoms with van der Waals surface area (Å²) in [5.41, 5.74) is 0. The first-order chi connectivity index (χ1) is 7.27. The van der Waals surface area contributed by atoms with E-state index >= 15 is 0 Å². The van der Waals surface area contributed by atoms with Crippen molar-refractivity contribution in [3.8, 4) is 11.5 Å². The minimum atomic E-state index is 0.132. The number of benzene rings is 1. The fraction of sp³-hybridized carbons (Fsp3) is 0.500. The van der Waals surface area contributed by atoms with Crippen LogP contribution in [0.4, 0.5) is 0 Å². The first-order valence-electron chi connectivity index (χ1n) is 5.41. The van der Waals surface area contributed by atoms with Gasteiger partial charge in [-0.3, -0.25) is 0 Å². The van der Waals surface area contributed by atoms with Gasteiger partial charge in [-0.05, 0) is 37.8 Å². The normalized spacial score (nSPS) is 17.7. The Morgan fingerprint density at radius 1 is 1.20 bits per heavy atom. The zero-order valence-electron chi connectivity index (χ0n) is 8.58. The van der Waals surface area contributed by atoms with Gasteiger partial charge in [-0.15, -0.1) is 0 Å². The number of halogens is 1. The van der Waals surface area contributed by atoms with Crippen molar-refractivity contribution >= 4 is 11.6 Å². The predicted octanol–water partition coefficient (Wildman–Crippen LogP) is 3.76. The highest BCUT2D eigenvalue weighted by molar-refractivity contribution is 6.32. The van der Waals surface area contributed by atoms with E-state index in [0.717, 1.165) is 12.8 Å². The number of ether oxygens (including phenoxy) is 1. The summed E-state index contributed by atoms with van der Waals surface area (Å²) in [6.45, 7) is 0. The van der Waals surface area contributed by atoms with Crippen LogP contribution in [0, 0.1) is 0 Å².